The predicted octanol–water partition coefficient (Wildman–Crippen LogP) is 2.21. The first kappa shape index (κ1) is 13.7. The highest BCUT2D eigenvalue weighted by Crippen LogP contribution is 2.41. The van der Waals surface area contributed by atoms with Crippen LogP contribution in [0.2, 0.25) is 0 Å². The fraction of sp³-hybridized carbons (Fsp3) is 0.867. The Labute approximate surface area is 119 Å². The number of amides is 2. The van der Waals surface area contributed by atoms with E-state index in [0.29, 0.717) is 12.3 Å². The SMILES string of the molecule is O=C(O)C1CC2CCC1N2C(=O)NCC1CCCCC1. The van der Waals surface area contributed by atoms with Gasteiger partial charge in [0.05, 0.1) is 5.92 Å². The second kappa shape index (κ2) is 5.62. The van der Waals surface area contributed by atoms with Crippen molar-refractivity contribution in [1.29, 1.82) is 0 Å². The molecule has 5 heteroatoms. The number of nitrogens with zero attached hydrogens (tertiary/aromatic N) is 1. The van der Waals surface area contributed by atoms with E-state index in [9.17, 15) is 14.7 Å². The van der Waals surface area contributed by atoms with Crippen LogP contribution in [0.25, 0.3) is 0 Å². The van der Waals surface area contributed by atoms with E-state index in [-0.39, 0.29) is 24.0 Å². The first-order valence-corrected chi connectivity index (χ1v) is 7.96. The summed E-state index contributed by atoms with van der Waals surface area (Å²) in [6.07, 6.45) is 8.74. The number of urea groups is 1. The Morgan fingerprint density at radius 3 is 2.50 bits per heavy atom. The Balaban J connectivity index is 1.54. The summed E-state index contributed by atoms with van der Waals surface area (Å²) < 4.78 is 0. The maximum Gasteiger partial charge on any atom is 0.317 e. The van der Waals surface area contributed by atoms with Gasteiger partial charge in [-0.3, -0.25) is 4.79 Å². The van der Waals surface area contributed by atoms with Crippen LogP contribution in [0.4, 0.5) is 4.79 Å². The third-order valence-corrected chi connectivity index (χ3v) is 5.36. The first-order valence-electron chi connectivity index (χ1n) is 7.96. The lowest BCUT2D eigenvalue weighted by atomic mass is 9.89. The summed E-state index contributed by atoms with van der Waals surface area (Å²) in [5.74, 6) is -0.486. The van der Waals surface area contributed by atoms with Gasteiger partial charge in [-0.15, -0.1) is 0 Å². The van der Waals surface area contributed by atoms with Gasteiger partial charge in [0.25, 0.3) is 0 Å². The second-order valence-corrected chi connectivity index (χ2v) is 6.58. The van der Waals surface area contributed by atoms with E-state index in [1.807, 2.05) is 4.90 Å². The summed E-state index contributed by atoms with van der Waals surface area (Å²) in [5, 5.41) is 12.3. The van der Waals surface area contributed by atoms with Gasteiger partial charge in [-0.05, 0) is 38.0 Å². The summed E-state index contributed by atoms with van der Waals surface area (Å²) in [5.41, 5.74) is 0. The molecule has 5 nitrogen and oxygen atoms in total. The molecular weight excluding hydrogens is 256 g/mol. The van der Waals surface area contributed by atoms with Crippen LogP contribution in [0.5, 0.6) is 0 Å². The molecule has 0 aromatic rings. The normalized spacial score (nSPS) is 33.4. The van der Waals surface area contributed by atoms with Crippen molar-refractivity contribution < 1.29 is 14.7 Å². The van der Waals surface area contributed by atoms with Gasteiger partial charge in [0.2, 0.25) is 0 Å². The minimum atomic E-state index is -0.748. The summed E-state index contributed by atoms with van der Waals surface area (Å²) in [7, 11) is 0. The Kier molecular flexibility index (Phi) is 3.85. The van der Waals surface area contributed by atoms with Crippen molar-refractivity contribution in [2.24, 2.45) is 11.8 Å². The molecule has 3 atom stereocenters. The minimum absolute atomic E-state index is 0.0353. The van der Waals surface area contributed by atoms with Gasteiger partial charge in [-0.1, -0.05) is 19.3 Å². The zero-order valence-electron chi connectivity index (χ0n) is 11.9. The highest BCUT2D eigenvalue weighted by molar-refractivity contribution is 5.79. The fourth-order valence-corrected chi connectivity index (χ4v) is 4.28. The molecule has 1 aliphatic carbocycles. The van der Waals surface area contributed by atoms with Crippen LogP contribution in [0.1, 0.15) is 51.4 Å². The zero-order chi connectivity index (χ0) is 14.1. The van der Waals surface area contributed by atoms with Gasteiger partial charge in [0.1, 0.15) is 0 Å². The molecule has 2 aliphatic heterocycles. The maximum atomic E-state index is 12.3. The van der Waals surface area contributed by atoms with Gasteiger partial charge in [0, 0.05) is 18.6 Å². The average molecular weight is 280 g/mol. The smallest absolute Gasteiger partial charge is 0.317 e. The molecule has 0 aromatic carbocycles. The van der Waals surface area contributed by atoms with E-state index in [1.165, 1.54) is 32.1 Å². The van der Waals surface area contributed by atoms with E-state index in [2.05, 4.69) is 5.32 Å². The van der Waals surface area contributed by atoms with Crippen LogP contribution in [0, 0.1) is 11.8 Å². The van der Waals surface area contributed by atoms with E-state index in [1.54, 1.807) is 0 Å². The third kappa shape index (κ3) is 2.50. The summed E-state index contributed by atoms with van der Waals surface area (Å²) in [6, 6.07) is 0.0307. The van der Waals surface area contributed by atoms with Crippen molar-refractivity contribution >= 4 is 12.0 Å². The van der Waals surface area contributed by atoms with Gasteiger partial charge in [0.15, 0.2) is 0 Å². The number of carbonyl (C=O) groups is 2. The van der Waals surface area contributed by atoms with Gasteiger partial charge < -0.3 is 15.3 Å². The largest absolute Gasteiger partial charge is 0.481 e. The fourth-order valence-electron chi connectivity index (χ4n) is 4.28. The predicted molar refractivity (Wildman–Crippen MR) is 74.4 cm³/mol. The first-order chi connectivity index (χ1) is 9.66. The molecule has 0 aromatic heterocycles. The quantitative estimate of drug-likeness (QED) is 0.832. The molecule has 3 rings (SSSR count). The summed E-state index contributed by atoms with van der Waals surface area (Å²) >= 11 is 0. The zero-order valence-corrected chi connectivity index (χ0v) is 11.9. The molecule has 1 saturated carbocycles. The number of carbonyl (C=O) groups excluding carboxylic acids is 1. The third-order valence-electron chi connectivity index (χ3n) is 5.36. The molecule has 2 N–H and O–H groups in total. The number of nitrogens with one attached hydrogen (secondary N) is 1. The molecule has 2 bridgehead atoms. The standard InChI is InChI=1S/C15H24N2O3/c18-14(19)12-8-11-6-7-13(12)17(11)15(20)16-9-10-4-2-1-3-5-10/h10-13H,1-9H2,(H,16,20)(H,18,19). The lowest BCUT2D eigenvalue weighted by molar-refractivity contribution is -0.142. The molecule has 3 fully saturated rings. The van der Waals surface area contributed by atoms with Crippen LogP contribution >= 0.6 is 0 Å². The summed E-state index contributed by atoms with van der Waals surface area (Å²) in [4.78, 5) is 25.4. The van der Waals surface area contributed by atoms with Crippen LogP contribution in [0.15, 0.2) is 0 Å². The molecule has 2 saturated heterocycles. The van der Waals surface area contributed by atoms with Crippen LogP contribution in [0.3, 0.4) is 0 Å². The van der Waals surface area contributed by atoms with Crippen molar-refractivity contribution in [2.75, 3.05) is 6.54 Å². The maximum absolute atomic E-state index is 12.3. The topological polar surface area (TPSA) is 69.6 Å². The molecule has 0 radical (unpaired) electrons. The van der Waals surface area contributed by atoms with Gasteiger partial charge in [-0.2, -0.15) is 0 Å². The van der Waals surface area contributed by atoms with Crippen molar-refractivity contribution in [3.8, 4) is 0 Å². The Morgan fingerprint density at radius 1 is 1.10 bits per heavy atom. The number of carboxylic acid groups (broad SMARTS) is 1. The number of hydrogen-bond acceptors (Lipinski definition) is 2. The monoisotopic (exact) mass is 280 g/mol. The van der Waals surface area contributed by atoms with Crippen molar-refractivity contribution in [3.05, 3.63) is 0 Å². The van der Waals surface area contributed by atoms with Crippen LogP contribution in [-0.4, -0.2) is 40.6 Å². The number of hydrogen-bond donors (Lipinski definition) is 2. The van der Waals surface area contributed by atoms with E-state index in [0.717, 1.165) is 19.4 Å². The molecule has 3 aliphatic rings. The number of carboxylic acids is 1. The van der Waals surface area contributed by atoms with Gasteiger partial charge in [-0.25, -0.2) is 4.79 Å². The van der Waals surface area contributed by atoms with Crippen molar-refractivity contribution in [3.63, 3.8) is 0 Å². The van der Waals surface area contributed by atoms with E-state index >= 15 is 0 Å². The lowest BCUT2D eigenvalue weighted by Gasteiger charge is -2.26. The van der Waals surface area contributed by atoms with E-state index < -0.39 is 5.97 Å². The Bertz CT molecular complexity index is 393. The molecule has 2 amide bonds. The molecular formula is C15H24N2O3. The molecule has 20 heavy (non-hydrogen) atoms. The van der Waals surface area contributed by atoms with Crippen LogP contribution in [-0.2, 0) is 4.79 Å². The summed E-state index contributed by atoms with van der Waals surface area (Å²) in [6.45, 7) is 0.756. The molecule has 0 spiro atoms. The molecule has 2 heterocycles. The van der Waals surface area contributed by atoms with Crippen LogP contribution < -0.4 is 5.32 Å². The lowest BCUT2D eigenvalue weighted by Crippen LogP contribution is -2.45. The molecule has 112 valence electrons. The highest BCUT2D eigenvalue weighted by Gasteiger charge is 2.51. The average Bonchev–Trinajstić information content (AvgIpc) is 3.03. The van der Waals surface area contributed by atoms with E-state index in [4.69, 9.17) is 0 Å². The second-order valence-electron chi connectivity index (χ2n) is 6.58. The van der Waals surface area contributed by atoms with Crippen molar-refractivity contribution in [1.82, 2.24) is 10.2 Å². The molecule has 3 unspecified atom stereocenters. The highest BCUT2D eigenvalue weighted by atomic mass is 16.4. The Hall–Kier alpha value is -1.26. The number of rotatable bonds is 3. The minimum Gasteiger partial charge on any atom is -0.481 e. The van der Waals surface area contributed by atoms with Crippen molar-refractivity contribution in [2.45, 2.75) is 63.5 Å². The van der Waals surface area contributed by atoms with Gasteiger partial charge >= 0.3 is 12.0 Å². The number of aliphatic carboxylic acids is 1. The Morgan fingerprint density at radius 2 is 1.85 bits per heavy atom. The number of fused-ring (bicyclic) bond motifs is 2.